The Labute approximate surface area is 129 Å². The summed E-state index contributed by atoms with van der Waals surface area (Å²) in [5.41, 5.74) is 2.88. The molecular weight excluding hydrogens is 288 g/mol. The van der Waals surface area contributed by atoms with Gasteiger partial charge >= 0.3 is 0 Å². The average molecular weight is 307 g/mol. The fourth-order valence-electron chi connectivity index (χ4n) is 2.11. The van der Waals surface area contributed by atoms with Crippen LogP contribution < -0.4 is 10.6 Å². The fourth-order valence-corrected chi connectivity index (χ4v) is 2.30. The highest BCUT2D eigenvalue weighted by molar-refractivity contribution is 6.30. The summed E-state index contributed by atoms with van der Waals surface area (Å²) in [6.07, 6.45) is 2.85. The summed E-state index contributed by atoms with van der Waals surface area (Å²) in [6, 6.07) is 7.09. The Morgan fingerprint density at radius 2 is 2.24 bits per heavy atom. The van der Waals surface area contributed by atoms with Gasteiger partial charge in [-0.3, -0.25) is 9.48 Å². The van der Waals surface area contributed by atoms with Gasteiger partial charge in [0.05, 0.1) is 12.2 Å². The van der Waals surface area contributed by atoms with Crippen molar-refractivity contribution in [2.45, 2.75) is 19.9 Å². The lowest BCUT2D eigenvalue weighted by Crippen LogP contribution is -2.27. The zero-order chi connectivity index (χ0) is 15.2. The van der Waals surface area contributed by atoms with Crippen LogP contribution in [0.3, 0.4) is 0 Å². The fraction of sp³-hybridized carbons (Fsp3) is 0.333. The number of benzene rings is 1. The van der Waals surface area contributed by atoms with Gasteiger partial charge in [0.25, 0.3) is 0 Å². The number of carbonyl (C=O) groups is 1. The summed E-state index contributed by atoms with van der Waals surface area (Å²) >= 11 is 5.87. The van der Waals surface area contributed by atoms with Gasteiger partial charge in [0.15, 0.2) is 0 Å². The van der Waals surface area contributed by atoms with Gasteiger partial charge in [-0.05, 0) is 24.6 Å². The second-order valence-corrected chi connectivity index (χ2v) is 5.23. The van der Waals surface area contributed by atoms with E-state index in [0.29, 0.717) is 17.3 Å². The average Bonchev–Trinajstić information content (AvgIpc) is 2.79. The Morgan fingerprint density at radius 1 is 1.43 bits per heavy atom. The van der Waals surface area contributed by atoms with E-state index in [9.17, 15) is 4.79 Å². The van der Waals surface area contributed by atoms with Crippen LogP contribution in [0.5, 0.6) is 0 Å². The Hall–Kier alpha value is -1.85. The molecule has 1 aromatic heterocycles. The number of carbonyl (C=O) groups excluding carboxylic acids is 1. The van der Waals surface area contributed by atoms with E-state index >= 15 is 0 Å². The second kappa shape index (κ2) is 7.24. The third-order valence-corrected chi connectivity index (χ3v) is 3.27. The van der Waals surface area contributed by atoms with E-state index in [1.165, 1.54) is 0 Å². The highest BCUT2D eigenvalue weighted by atomic mass is 35.5. The van der Waals surface area contributed by atoms with Crippen LogP contribution in [0.4, 0.5) is 5.69 Å². The van der Waals surface area contributed by atoms with Gasteiger partial charge in [0.1, 0.15) is 0 Å². The first-order valence-corrected chi connectivity index (χ1v) is 7.24. The second-order valence-electron chi connectivity index (χ2n) is 4.79. The normalized spacial score (nSPS) is 10.6. The molecule has 0 saturated heterocycles. The van der Waals surface area contributed by atoms with E-state index in [1.807, 2.05) is 13.2 Å². The number of hydrogen-bond acceptors (Lipinski definition) is 3. The van der Waals surface area contributed by atoms with Crippen LogP contribution >= 0.6 is 11.6 Å². The summed E-state index contributed by atoms with van der Waals surface area (Å²) in [6.45, 7) is 2.93. The van der Waals surface area contributed by atoms with Crippen LogP contribution in [0, 0.1) is 0 Å². The van der Waals surface area contributed by atoms with Crippen molar-refractivity contribution in [2.24, 2.45) is 7.05 Å². The first-order valence-electron chi connectivity index (χ1n) is 6.86. The van der Waals surface area contributed by atoms with Crippen molar-refractivity contribution >= 4 is 23.2 Å². The van der Waals surface area contributed by atoms with Gasteiger partial charge in [-0.25, -0.2) is 0 Å². The number of aryl methyl sites for hydroxylation is 2. The van der Waals surface area contributed by atoms with Crippen molar-refractivity contribution in [2.75, 3.05) is 11.9 Å². The Morgan fingerprint density at radius 3 is 2.95 bits per heavy atom. The summed E-state index contributed by atoms with van der Waals surface area (Å²) in [4.78, 5) is 11.8. The topological polar surface area (TPSA) is 59.0 Å². The number of nitrogens with one attached hydrogen (secondary N) is 2. The van der Waals surface area contributed by atoms with E-state index in [2.05, 4.69) is 22.7 Å². The molecule has 2 rings (SSSR count). The largest absolute Gasteiger partial charge is 0.325 e. The quantitative estimate of drug-likeness (QED) is 0.861. The van der Waals surface area contributed by atoms with Crippen molar-refractivity contribution in [1.82, 2.24) is 15.1 Å². The molecule has 0 aliphatic heterocycles. The lowest BCUT2D eigenvalue weighted by Gasteiger charge is -2.07. The SMILES string of the molecule is CCc1nn(C)cc1CNCC(=O)Nc1cccc(Cl)c1. The lowest BCUT2D eigenvalue weighted by atomic mass is 10.2. The monoisotopic (exact) mass is 306 g/mol. The number of amides is 1. The predicted molar refractivity (Wildman–Crippen MR) is 84.4 cm³/mol. The minimum Gasteiger partial charge on any atom is -0.325 e. The molecule has 5 nitrogen and oxygen atoms in total. The molecule has 0 unspecified atom stereocenters. The van der Waals surface area contributed by atoms with Crippen molar-refractivity contribution in [1.29, 1.82) is 0 Å². The maximum atomic E-state index is 11.8. The molecule has 0 fully saturated rings. The van der Waals surface area contributed by atoms with Gasteiger partial charge in [-0.2, -0.15) is 5.10 Å². The van der Waals surface area contributed by atoms with Gasteiger partial charge in [0, 0.05) is 36.1 Å². The molecule has 1 aromatic carbocycles. The summed E-state index contributed by atoms with van der Waals surface area (Å²) in [5.74, 6) is -0.0980. The number of anilines is 1. The third kappa shape index (κ3) is 4.58. The molecule has 1 heterocycles. The molecule has 0 atom stereocenters. The molecule has 2 aromatic rings. The number of aromatic nitrogens is 2. The van der Waals surface area contributed by atoms with Crippen molar-refractivity contribution < 1.29 is 4.79 Å². The van der Waals surface area contributed by atoms with Gasteiger partial charge in [-0.15, -0.1) is 0 Å². The zero-order valence-corrected chi connectivity index (χ0v) is 12.9. The predicted octanol–water partition coefficient (Wildman–Crippen LogP) is 2.36. The molecule has 0 spiro atoms. The van der Waals surface area contributed by atoms with Crippen molar-refractivity contribution in [3.05, 3.63) is 46.7 Å². The minimum atomic E-state index is -0.0980. The Kier molecular flexibility index (Phi) is 5.36. The smallest absolute Gasteiger partial charge is 0.238 e. The van der Waals surface area contributed by atoms with Crippen LogP contribution in [-0.4, -0.2) is 22.2 Å². The summed E-state index contributed by atoms with van der Waals surface area (Å²) in [5, 5.41) is 10.9. The minimum absolute atomic E-state index is 0.0980. The van der Waals surface area contributed by atoms with Crippen LogP contribution in [0.2, 0.25) is 5.02 Å². The van der Waals surface area contributed by atoms with Gasteiger partial charge in [-0.1, -0.05) is 24.6 Å². The van der Waals surface area contributed by atoms with Crippen LogP contribution in [0.25, 0.3) is 0 Å². The summed E-state index contributed by atoms with van der Waals surface area (Å²) < 4.78 is 1.79. The van der Waals surface area contributed by atoms with E-state index in [4.69, 9.17) is 11.6 Å². The van der Waals surface area contributed by atoms with E-state index in [-0.39, 0.29) is 12.5 Å². The van der Waals surface area contributed by atoms with E-state index < -0.39 is 0 Å². The maximum Gasteiger partial charge on any atom is 0.238 e. The molecule has 0 bridgehead atoms. The lowest BCUT2D eigenvalue weighted by molar-refractivity contribution is -0.115. The van der Waals surface area contributed by atoms with E-state index in [1.54, 1.807) is 28.9 Å². The standard InChI is InChI=1S/C15H19ClN4O/c1-3-14-11(10-20(2)19-14)8-17-9-15(21)18-13-6-4-5-12(16)7-13/h4-7,10,17H,3,8-9H2,1-2H3,(H,18,21). The molecular formula is C15H19ClN4O. The van der Waals surface area contributed by atoms with Crippen molar-refractivity contribution in [3.63, 3.8) is 0 Å². The molecule has 0 radical (unpaired) electrons. The molecule has 2 N–H and O–H groups in total. The molecule has 6 heteroatoms. The molecule has 1 amide bonds. The molecule has 0 aliphatic rings. The first kappa shape index (κ1) is 15.5. The zero-order valence-electron chi connectivity index (χ0n) is 12.2. The first-order chi connectivity index (χ1) is 10.1. The number of halogens is 1. The van der Waals surface area contributed by atoms with Crippen molar-refractivity contribution in [3.8, 4) is 0 Å². The van der Waals surface area contributed by atoms with Gasteiger partial charge in [0.2, 0.25) is 5.91 Å². The molecule has 0 saturated carbocycles. The Bertz CT molecular complexity index is 624. The van der Waals surface area contributed by atoms with Crippen LogP contribution in [0.1, 0.15) is 18.2 Å². The highest BCUT2D eigenvalue weighted by Crippen LogP contribution is 2.14. The van der Waals surface area contributed by atoms with Crippen LogP contribution in [0.15, 0.2) is 30.5 Å². The van der Waals surface area contributed by atoms with E-state index in [0.717, 1.165) is 17.7 Å². The Balaban J connectivity index is 1.81. The highest BCUT2D eigenvalue weighted by Gasteiger charge is 2.07. The molecule has 21 heavy (non-hydrogen) atoms. The van der Waals surface area contributed by atoms with Crippen LogP contribution in [-0.2, 0) is 24.8 Å². The third-order valence-electron chi connectivity index (χ3n) is 3.04. The molecule has 112 valence electrons. The number of rotatable bonds is 6. The van der Waals surface area contributed by atoms with Gasteiger partial charge < -0.3 is 10.6 Å². The molecule has 0 aliphatic carbocycles. The number of nitrogens with zero attached hydrogens (tertiary/aromatic N) is 2. The maximum absolute atomic E-state index is 11.8. The number of hydrogen-bond donors (Lipinski definition) is 2. The summed E-state index contributed by atoms with van der Waals surface area (Å²) in [7, 11) is 1.90.